The average molecular weight is 563 g/mol. The fourth-order valence-corrected chi connectivity index (χ4v) is 7.07. The van der Waals surface area contributed by atoms with Gasteiger partial charge in [0.15, 0.2) is 0 Å². The zero-order chi connectivity index (χ0) is 29.8. The van der Waals surface area contributed by atoms with E-state index in [1.165, 1.54) is 38.4 Å². The molecular formula is C40H26N4. The zero-order valence-electron chi connectivity index (χ0n) is 23.9. The fraction of sp³-hybridized carbons (Fsp3) is 0.0500. The number of allylic oxidation sites excluding steroid dienone is 3. The topological polar surface area (TPSA) is 57.4 Å². The van der Waals surface area contributed by atoms with Gasteiger partial charge in [-0.05, 0) is 45.8 Å². The molecule has 8 rings (SSSR count). The Labute approximate surface area is 254 Å². The molecular weight excluding hydrogens is 536 g/mol. The maximum atomic E-state index is 10.2. The third-order valence-corrected chi connectivity index (χ3v) is 8.94. The minimum atomic E-state index is -0.365. The summed E-state index contributed by atoms with van der Waals surface area (Å²) in [5.41, 5.74) is 5.50. The number of nitrogens with zero attached hydrogens (tertiary/aromatic N) is 4. The highest BCUT2D eigenvalue weighted by atomic mass is 15.1. The summed E-state index contributed by atoms with van der Waals surface area (Å²) >= 11 is 0. The van der Waals surface area contributed by atoms with E-state index in [-0.39, 0.29) is 6.04 Å². The Bertz CT molecular complexity index is 2430. The summed E-state index contributed by atoms with van der Waals surface area (Å²) in [6.07, 6.45) is 1.69. The molecule has 2 heterocycles. The zero-order valence-corrected chi connectivity index (χ0v) is 23.9. The Morgan fingerprint density at radius 1 is 0.614 bits per heavy atom. The molecule has 4 nitrogen and oxygen atoms in total. The first-order valence-corrected chi connectivity index (χ1v) is 14.7. The van der Waals surface area contributed by atoms with Gasteiger partial charge < -0.3 is 9.13 Å². The quantitative estimate of drug-likeness (QED) is 0.196. The van der Waals surface area contributed by atoms with E-state index in [1.54, 1.807) is 0 Å². The number of fused-ring (bicyclic) bond motifs is 10. The van der Waals surface area contributed by atoms with Crippen LogP contribution in [0.2, 0.25) is 0 Å². The third-order valence-electron chi connectivity index (χ3n) is 8.94. The van der Waals surface area contributed by atoms with E-state index in [2.05, 4.69) is 143 Å². The monoisotopic (exact) mass is 562 g/mol. The average Bonchev–Trinajstić information content (AvgIpc) is 3.60. The third kappa shape index (κ3) is 3.69. The molecule has 0 saturated carbocycles. The second kappa shape index (κ2) is 10.0. The molecule has 0 aliphatic heterocycles. The van der Waals surface area contributed by atoms with Crippen molar-refractivity contribution in [3.05, 3.63) is 140 Å². The maximum absolute atomic E-state index is 10.2. The van der Waals surface area contributed by atoms with Gasteiger partial charge in [-0.2, -0.15) is 10.5 Å². The van der Waals surface area contributed by atoms with Crippen LogP contribution in [-0.2, 0) is 0 Å². The molecule has 4 heteroatoms. The Kier molecular flexibility index (Phi) is 5.83. The second-order valence-electron chi connectivity index (χ2n) is 11.2. The second-order valence-corrected chi connectivity index (χ2v) is 11.2. The minimum absolute atomic E-state index is 0.322. The van der Waals surface area contributed by atoms with Crippen molar-refractivity contribution in [2.45, 2.75) is 12.5 Å². The van der Waals surface area contributed by atoms with E-state index in [9.17, 15) is 10.5 Å². The van der Waals surface area contributed by atoms with Gasteiger partial charge in [0, 0.05) is 45.3 Å². The molecule has 0 N–H and O–H groups in total. The molecule has 1 atom stereocenters. The Morgan fingerprint density at radius 2 is 1.09 bits per heavy atom. The van der Waals surface area contributed by atoms with E-state index in [1.807, 2.05) is 0 Å². The highest BCUT2D eigenvalue weighted by molar-refractivity contribution is 6.28. The minimum Gasteiger partial charge on any atom is -0.331 e. The first-order valence-electron chi connectivity index (χ1n) is 14.7. The number of para-hydroxylation sites is 2. The molecule has 0 bridgehead atoms. The highest BCUT2D eigenvalue weighted by Gasteiger charge is 2.27. The molecule has 0 fully saturated rings. The van der Waals surface area contributed by atoms with Crippen molar-refractivity contribution in [1.29, 1.82) is 10.5 Å². The van der Waals surface area contributed by atoms with Crippen molar-refractivity contribution >= 4 is 70.9 Å². The van der Waals surface area contributed by atoms with Crippen LogP contribution >= 0.6 is 0 Å². The van der Waals surface area contributed by atoms with Crippen LogP contribution in [0.25, 0.3) is 70.9 Å². The molecule has 6 aromatic carbocycles. The first kappa shape index (κ1) is 25.6. The number of rotatable bonds is 5. The van der Waals surface area contributed by atoms with Gasteiger partial charge in [-0.3, -0.25) is 0 Å². The molecule has 206 valence electrons. The Hall–Kier alpha value is -6.10. The number of nitriles is 2. The number of hydrogen-bond donors (Lipinski definition) is 0. The van der Waals surface area contributed by atoms with Crippen molar-refractivity contribution in [2.24, 2.45) is 0 Å². The van der Waals surface area contributed by atoms with E-state index in [0.29, 0.717) is 12.0 Å². The van der Waals surface area contributed by atoms with Crippen LogP contribution in [0.1, 0.15) is 12.5 Å². The van der Waals surface area contributed by atoms with Crippen LogP contribution in [0.3, 0.4) is 0 Å². The lowest BCUT2D eigenvalue weighted by atomic mass is 10.00. The van der Waals surface area contributed by atoms with Gasteiger partial charge in [0.2, 0.25) is 0 Å². The molecule has 0 spiro atoms. The number of hydrogen-bond acceptors (Lipinski definition) is 2. The van der Waals surface area contributed by atoms with Gasteiger partial charge in [0.05, 0.1) is 40.2 Å². The van der Waals surface area contributed by atoms with Crippen LogP contribution < -0.4 is 0 Å². The molecule has 0 aliphatic carbocycles. The van der Waals surface area contributed by atoms with Crippen LogP contribution in [0.4, 0.5) is 0 Å². The number of benzene rings is 6. The maximum Gasteiger partial charge on any atom is 0.0955 e. The smallest absolute Gasteiger partial charge is 0.0955 e. The molecule has 2 aromatic heterocycles. The van der Waals surface area contributed by atoms with Crippen molar-refractivity contribution in [3.63, 3.8) is 0 Å². The summed E-state index contributed by atoms with van der Waals surface area (Å²) in [6, 6.07) is 46.5. The van der Waals surface area contributed by atoms with Crippen LogP contribution in [0, 0.1) is 22.7 Å². The van der Waals surface area contributed by atoms with Crippen LogP contribution in [-0.4, -0.2) is 9.13 Å². The van der Waals surface area contributed by atoms with Gasteiger partial charge in [0.25, 0.3) is 0 Å². The van der Waals surface area contributed by atoms with Gasteiger partial charge in [0.1, 0.15) is 0 Å². The SMILES string of the molecule is C=C(C(C/C(C#N)=C/C#N)n1c2ccc3ccccc3c2c2c3ccccc3ccc21)n1c2ccccc2c2ccccc21. The Morgan fingerprint density at radius 3 is 1.59 bits per heavy atom. The van der Waals surface area contributed by atoms with E-state index in [4.69, 9.17) is 6.58 Å². The molecule has 0 radical (unpaired) electrons. The predicted octanol–water partition coefficient (Wildman–Crippen LogP) is 10.3. The summed E-state index contributed by atoms with van der Waals surface area (Å²) in [5.74, 6) is 0. The van der Waals surface area contributed by atoms with Crippen LogP contribution in [0.15, 0.2) is 140 Å². The summed E-state index contributed by atoms with van der Waals surface area (Å²) in [6.45, 7) is 4.76. The van der Waals surface area contributed by atoms with E-state index >= 15 is 0 Å². The van der Waals surface area contributed by atoms with Crippen LogP contribution in [0.5, 0.6) is 0 Å². The van der Waals surface area contributed by atoms with Gasteiger partial charge in [-0.25, -0.2) is 0 Å². The largest absolute Gasteiger partial charge is 0.331 e. The molecule has 8 aromatic rings. The lowest BCUT2D eigenvalue weighted by Gasteiger charge is -2.26. The van der Waals surface area contributed by atoms with Crippen molar-refractivity contribution in [3.8, 4) is 12.1 Å². The van der Waals surface area contributed by atoms with Gasteiger partial charge >= 0.3 is 0 Å². The molecule has 1 unspecified atom stereocenters. The summed E-state index contributed by atoms with van der Waals surface area (Å²) in [4.78, 5) is 0. The lowest BCUT2D eigenvalue weighted by Crippen LogP contribution is -2.15. The lowest BCUT2D eigenvalue weighted by molar-refractivity contribution is 0.640. The highest BCUT2D eigenvalue weighted by Crippen LogP contribution is 2.44. The standard InChI is InChI=1S/C40H26N4/c1-26(43-34-16-8-6-14-32(34)33-15-7-9-17-35(33)43)38(24-27(25-42)22-23-41)44-36-20-18-28-10-2-4-12-30(28)39(36)40-31-13-5-3-11-29(31)19-21-37(40)44/h2-22,38H,1,24H2/b27-22-. The normalized spacial score (nSPS) is 12.7. The number of aromatic nitrogens is 2. The van der Waals surface area contributed by atoms with E-state index in [0.717, 1.165) is 38.5 Å². The molecule has 0 saturated heterocycles. The molecule has 0 aliphatic rings. The fourth-order valence-electron chi connectivity index (χ4n) is 7.07. The van der Waals surface area contributed by atoms with Crippen molar-refractivity contribution in [1.82, 2.24) is 9.13 Å². The first-order chi connectivity index (χ1) is 21.7. The van der Waals surface area contributed by atoms with Crippen molar-refractivity contribution in [2.75, 3.05) is 0 Å². The Balaban J connectivity index is 1.52. The van der Waals surface area contributed by atoms with Gasteiger partial charge in [-0.15, -0.1) is 0 Å². The van der Waals surface area contributed by atoms with Gasteiger partial charge in [-0.1, -0.05) is 104 Å². The van der Waals surface area contributed by atoms with Crippen molar-refractivity contribution < 1.29 is 0 Å². The summed E-state index contributed by atoms with van der Waals surface area (Å²) in [5, 5.41) is 29.1. The molecule has 44 heavy (non-hydrogen) atoms. The predicted molar refractivity (Wildman–Crippen MR) is 182 cm³/mol. The van der Waals surface area contributed by atoms with E-state index < -0.39 is 0 Å². The molecule has 0 amide bonds. The summed E-state index contributed by atoms with van der Waals surface area (Å²) in [7, 11) is 0. The summed E-state index contributed by atoms with van der Waals surface area (Å²) < 4.78 is 4.58.